The molecule has 0 heterocycles. The lowest BCUT2D eigenvalue weighted by atomic mass is 10.1. The molecule has 0 aliphatic carbocycles. The third kappa shape index (κ3) is 5.17. The molecule has 0 aliphatic heterocycles. The van der Waals surface area contributed by atoms with Gasteiger partial charge in [0.1, 0.15) is 0 Å². The van der Waals surface area contributed by atoms with Gasteiger partial charge in [-0.3, -0.25) is 4.03 Å². The van der Waals surface area contributed by atoms with Crippen molar-refractivity contribution in [3.63, 3.8) is 0 Å². The molecule has 0 saturated carbocycles. The maximum absolute atomic E-state index is 15.1. The van der Waals surface area contributed by atoms with Crippen LogP contribution in [-0.2, 0) is 9.73 Å². The largest absolute Gasteiger partial charge is 0.387 e. The first kappa shape index (κ1) is 25.1. The molecular weight excluding hydrogens is 466 g/mol. The van der Waals surface area contributed by atoms with E-state index in [2.05, 4.69) is 45.0 Å². The van der Waals surface area contributed by atoms with Crippen molar-refractivity contribution in [1.29, 1.82) is 0 Å². The van der Waals surface area contributed by atoms with E-state index in [1.807, 2.05) is 97.1 Å². The summed E-state index contributed by atoms with van der Waals surface area (Å²) in [6.45, 7) is 6.59. The second-order valence-electron chi connectivity index (χ2n) is 9.83. The maximum atomic E-state index is 15.1. The summed E-state index contributed by atoms with van der Waals surface area (Å²) in [4.78, 5) is 0.656. The van der Waals surface area contributed by atoms with E-state index in [-0.39, 0.29) is 10.8 Å². The summed E-state index contributed by atoms with van der Waals surface area (Å²) in [5.41, 5.74) is 0.744. The van der Waals surface area contributed by atoms with Gasteiger partial charge in [0, 0.05) is 4.90 Å². The third-order valence-corrected chi connectivity index (χ3v) is 15.0. The molecule has 3 nitrogen and oxygen atoms in total. The van der Waals surface area contributed by atoms with E-state index in [0.29, 0.717) is 4.90 Å². The van der Waals surface area contributed by atoms with Crippen LogP contribution in [0.1, 0.15) is 32.4 Å². The van der Waals surface area contributed by atoms with Gasteiger partial charge in [-0.2, -0.15) is 0 Å². The molecule has 2 atom stereocenters. The van der Waals surface area contributed by atoms with Crippen molar-refractivity contribution in [3.05, 3.63) is 127 Å². The van der Waals surface area contributed by atoms with Gasteiger partial charge in [-0.1, -0.05) is 130 Å². The van der Waals surface area contributed by atoms with Crippen molar-refractivity contribution in [1.82, 2.24) is 0 Å². The zero-order valence-corrected chi connectivity index (χ0v) is 22.4. The number of nitrogens with zero attached hydrogens (tertiary/aromatic N) is 1. The van der Waals surface area contributed by atoms with Crippen LogP contribution in [0.4, 0.5) is 0 Å². The fraction of sp³-hybridized carbons (Fsp3) is 0.200. The SMILES string of the molecule is CC(C)(C)[Si](N=[S@@](=O)(C[C@@H](O)c1ccccc1)c1ccccc1)(c1ccccc1)c1ccccc1. The normalized spacial score (nSPS) is 14.6. The van der Waals surface area contributed by atoms with Crippen LogP contribution < -0.4 is 10.4 Å². The van der Waals surface area contributed by atoms with E-state index in [0.717, 1.165) is 15.9 Å². The lowest BCUT2D eigenvalue weighted by Gasteiger charge is -2.40. The fourth-order valence-electron chi connectivity index (χ4n) is 4.66. The van der Waals surface area contributed by atoms with Crippen LogP contribution in [0.5, 0.6) is 0 Å². The van der Waals surface area contributed by atoms with Crippen LogP contribution in [0.2, 0.25) is 5.04 Å². The van der Waals surface area contributed by atoms with Gasteiger partial charge in [0.25, 0.3) is 8.24 Å². The van der Waals surface area contributed by atoms with E-state index < -0.39 is 24.1 Å². The van der Waals surface area contributed by atoms with E-state index in [1.54, 1.807) is 0 Å². The molecule has 0 aromatic heterocycles. The predicted molar refractivity (Wildman–Crippen MR) is 149 cm³/mol. The van der Waals surface area contributed by atoms with Gasteiger partial charge < -0.3 is 5.11 Å². The summed E-state index contributed by atoms with van der Waals surface area (Å²) in [7, 11) is -6.01. The minimum absolute atomic E-state index is 0.0333. The van der Waals surface area contributed by atoms with E-state index in [9.17, 15) is 5.11 Å². The molecule has 0 amide bonds. The average Bonchev–Trinajstić information content (AvgIpc) is 2.88. The first-order chi connectivity index (χ1) is 16.8. The summed E-state index contributed by atoms with van der Waals surface area (Å²) in [6, 6.07) is 39.5. The minimum Gasteiger partial charge on any atom is -0.387 e. The molecule has 0 unspecified atom stereocenters. The van der Waals surface area contributed by atoms with Gasteiger partial charge in [0.2, 0.25) is 0 Å². The Bertz CT molecular complexity index is 1310. The Hall–Kier alpha value is -2.99. The number of hydrogen-bond donors (Lipinski definition) is 1. The van der Waals surface area contributed by atoms with Crippen LogP contribution in [0.3, 0.4) is 0 Å². The Balaban J connectivity index is 2.05. The first-order valence-electron chi connectivity index (χ1n) is 11.9. The second kappa shape index (κ2) is 10.3. The zero-order valence-electron chi connectivity index (χ0n) is 20.5. The third-order valence-electron chi connectivity index (χ3n) is 6.43. The molecule has 4 aromatic rings. The molecule has 0 spiro atoms. The molecule has 4 rings (SSSR count). The summed E-state index contributed by atoms with van der Waals surface area (Å²) in [5.74, 6) is 0.0333. The molecule has 0 aliphatic rings. The topological polar surface area (TPSA) is 49.7 Å². The Morgan fingerprint density at radius 2 is 1.11 bits per heavy atom. The highest BCUT2D eigenvalue weighted by Crippen LogP contribution is 2.39. The van der Waals surface area contributed by atoms with Crippen molar-refractivity contribution in [2.24, 2.45) is 4.03 Å². The van der Waals surface area contributed by atoms with E-state index in [4.69, 9.17) is 4.03 Å². The quantitative estimate of drug-likeness (QED) is 0.326. The molecule has 35 heavy (non-hydrogen) atoms. The Kier molecular flexibility index (Phi) is 7.41. The molecule has 5 heteroatoms. The highest BCUT2D eigenvalue weighted by atomic mass is 32.2. The van der Waals surface area contributed by atoms with Gasteiger partial charge in [-0.25, -0.2) is 4.21 Å². The smallest absolute Gasteiger partial charge is 0.260 e. The first-order valence-corrected chi connectivity index (χ1v) is 15.5. The van der Waals surface area contributed by atoms with Gasteiger partial charge in [-0.05, 0) is 33.1 Å². The van der Waals surface area contributed by atoms with Gasteiger partial charge in [0.15, 0.2) is 0 Å². The van der Waals surface area contributed by atoms with Crippen LogP contribution in [0.15, 0.2) is 130 Å². The molecular formula is C30H33NO2SSi. The molecule has 4 aromatic carbocycles. The lowest BCUT2D eigenvalue weighted by Crippen LogP contribution is -2.63. The lowest BCUT2D eigenvalue weighted by molar-refractivity contribution is 0.202. The monoisotopic (exact) mass is 499 g/mol. The van der Waals surface area contributed by atoms with Gasteiger partial charge in [-0.15, -0.1) is 0 Å². The second-order valence-corrected chi connectivity index (χ2v) is 16.7. The van der Waals surface area contributed by atoms with Crippen molar-refractivity contribution in [3.8, 4) is 0 Å². The van der Waals surface area contributed by atoms with Crippen LogP contribution in [0.25, 0.3) is 0 Å². The van der Waals surface area contributed by atoms with Crippen molar-refractivity contribution in [2.45, 2.75) is 36.8 Å². The summed E-state index contributed by atoms with van der Waals surface area (Å²) in [5, 5.41) is 13.2. The zero-order chi connectivity index (χ0) is 24.9. The minimum atomic E-state index is -3.02. The van der Waals surface area contributed by atoms with Crippen molar-refractivity contribution < 1.29 is 9.32 Å². The standard InChI is InChI=1S/C30H33NO2SSi/c1-30(2,3)35(27-20-12-6-13-21-27,28-22-14-7-15-23-28)31-34(33,26-18-10-5-11-19-26)24-29(32)25-16-8-4-9-17-25/h4-23,29,32H,24H2,1-3H3/t29-,34-/m1/s1. The number of aliphatic hydroxyl groups is 1. The highest BCUT2D eigenvalue weighted by Gasteiger charge is 2.50. The molecule has 180 valence electrons. The molecule has 0 radical (unpaired) electrons. The van der Waals surface area contributed by atoms with Gasteiger partial charge >= 0.3 is 0 Å². The Morgan fingerprint density at radius 1 is 0.714 bits per heavy atom. The van der Waals surface area contributed by atoms with Crippen LogP contribution in [0, 0.1) is 0 Å². The Morgan fingerprint density at radius 3 is 1.54 bits per heavy atom. The molecule has 0 fully saturated rings. The fourth-order valence-corrected chi connectivity index (χ4v) is 13.9. The average molecular weight is 500 g/mol. The molecule has 0 saturated heterocycles. The number of benzene rings is 4. The Labute approximate surface area is 210 Å². The molecule has 1 N–H and O–H groups in total. The number of rotatable bonds is 7. The van der Waals surface area contributed by atoms with Crippen LogP contribution >= 0.6 is 0 Å². The molecule has 0 bridgehead atoms. The summed E-state index contributed by atoms with van der Waals surface area (Å²) < 4.78 is 20.6. The maximum Gasteiger partial charge on any atom is 0.260 e. The van der Waals surface area contributed by atoms with Crippen molar-refractivity contribution >= 4 is 28.3 Å². The predicted octanol–water partition coefficient (Wildman–Crippen LogP) is 5.81. The number of hydrogen-bond acceptors (Lipinski definition) is 3. The summed E-state index contributed by atoms with van der Waals surface area (Å²) >= 11 is 0. The van der Waals surface area contributed by atoms with E-state index >= 15 is 4.21 Å². The van der Waals surface area contributed by atoms with Crippen LogP contribution in [-0.4, -0.2) is 23.3 Å². The summed E-state index contributed by atoms with van der Waals surface area (Å²) in [6.07, 6.45) is -0.897. The highest BCUT2D eigenvalue weighted by molar-refractivity contribution is 7.94. The number of aliphatic hydroxyl groups excluding tert-OH is 1. The van der Waals surface area contributed by atoms with Gasteiger partial charge in [0.05, 0.1) is 21.6 Å². The van der Waals surface area contributed by atoms with Crippen molar-refractivity contribution in [2.75, 3.05) is 5.75 Å². The van der Waals surface area contributed by atoms with E-state index in [1.165, 1.54) is 0 Å².